The van der Waals surface area contributed by atoms with Gasteiger partial charge in [0.25, 0.3) is 0 Å². The lowest BCUT2D eigenvalue weighted by Gasteiger charge is -2.13. The molecule has 0 bridgehead atoms. The molecule has 1 unspecified atom stereocenters. The minimum Gasteiger partial charge on any atom is -0.366 e. The molecule has 0 aliphatic carbocycles. The molecule has 0 aliphatic heterocycles. The maximum Gasteiger partial charge on any atom is 0.246 e. The number of amides is 1. The number of carbonyl (C=O) groups excluding carboxylic acids is 1. The molecule has 0 aromatic heterocycles. The molecular formula is C9H18N2O. The van der Waals surface area contributed by atoms with Gasteiger partial charge in [0.1, 0.15) is 0 Å². The van der Waals surface area contributed by atoms with Crippen LogP contribution in [0.5, 0.6) is 0 Å². The summed E-state index contributed by atoms with van der Waals surface area (Å²) in [5.41, 5.74) is 12.5. The van der Waals surface area contributed by atoms with Gasteiger partial charge in [0, 0.05) is 11.6 Å². The van der Waals surface area contributed by atoms with E-state index in [1.807, 2.05) is 20.8 Å². The molecule has 0 radical (unpaired) electrons. The van der Waals surface area contributed by atoms with Crippen LogP contribution in [0, 0.1) is 0 Å². The number of rotatable bonds is 4. The minimum atomic E-state index is -0.393. The van der Waals surface area contributed by atoms with E-state index in [-0.39, 0.29) is 6.04 Å². The lowest BCUT2D eigenvalue weighted by atomic mass is 9.99. The molecule has 0 fully saturated rings. The lowest BCUT2D eigenvalue weighted by Crippen LogP contribution is -2.31. The first-order valence-electron chi connectivity index (χ1n) is 4.23. The Morgan fingerprint density at radius 2 is 1.92 bits per heavy atom. The molecule has 0 heterocycles. The Hall–Kier alpha value is -0.830. The molecule has 3 nitrogen and oxygen atoms in total. The maximum absolute atomic E-state index is 10.9. The van der Waals surface area contributed by atoms with Gasteiger partial charge < -0.3 is 11.5 Å². The van der Waals surface area contributed by atoms with Crippen molar-refractivity contribution in [3.63, 3.8) is 0 Å². The molecule has 0 rings (SSSR count). The van der Waals surface area contributed by atoms with E-state index in [0.717, 1.165) is 18.4 Å². The van der Waals surface area contributed by atoms with Crippen LogP contribution in [0.2, 0.25) is 0 Å². The Morgan fingerprint density at radius 1 is 1.42 bits per heavy atom. The second-order valence-electron chi connectivity index (χ2n) is 3.17. The summed E-state index contributed by atoms with van der Waals surface area (Å²) in [6.07, 6.45) is 1.77. The van der Waals surface area contributed by atoms with Gasteiger partial charge in [0.2, 0.25) is 5.91 Å². The summed E-state index contributed by atoms with van der Waals surface area (Å²) in [6, 6.07) is -0.197. The molecule has 0 spiro atoms. The van der Waals surface area contributed by atoms with Crippen molar-refractivity contribution < 1.29 is 4.79 Å². The average Bonchev–Trinajstić information content (AvgIpc) is 1.85. The van der Waals surface area contributed by atoms with Crippen LogP contribution >= 0.6 is 0 Å². The monoisotopic (exact) mass is 170 g/mol. The molecule has 1 atom stereocenters. The fourth-order valence-corrected chi connectivity index (χ4v) is 1.26. The van der Waals surface area contributed by atoms with Crippen LogP contribution in [0.25, 0.3) is 0 Å². The lowest BCUT2D eigenvalue weighted by molar-refractivity contribution is -0.114. The van der Waals surface area contributed by atoms with Gasteiger partial charge >= 0.3 is 0 Å². The highest BCUT2D eigenvalue weighted by Crippen LogP contribution is 2.10. The van der Waals surface area contributed by atoms with Crippen LogP contribution in [0.4, 0.5) is 0 Å². The summed E-state index contributed by atoms with van der Waals surface area (Å²) >= 11 is 0. The van der Waals surface area contributed by atoms with Crippen LogP contribution in [0.15, 0.2) is 11.1 Å². The first kappa shape index (κ1) is 11.2. The Balaban J connectivity index is 4.54. The zero-order valence-corrected chi connectivity index (χ0v) is 8.05. The fourth-order valence-electron chi connectivity index (χ4n) is 1.26. The fraction of sp³-hybridized carbons (Fsp3) is 0.667. The molecule has 70 valence electrons. The SMILES string of the molecule is CCCC(N)C(C(N)=O)=C(C)C. The molecule has 0 aromatic rings. The summed E-state index contributed by atoms with van der Waals surface area (Å²) in [7, 11) is 0. The van der Waals surface area contributed by atoms with Gasteiger partial charge in [-0.1, -0.05) is 18.9 Å². The van der Waals surface area contributed by atoms with E-state index < -0.39 is 5.91 Å². The number of primary amides is 1. The molecule has 1 amide bonds. The van der Waals surface area contributed by atoms with Crippen LogP contribution in [-0.4, -0.2) is 11.9 Å². The van der Waals surface area contributed by atoms with Crippen molar-refractivity contribution in [1.82, 2.24) is 0 Å². The van der Waals surface area contributed by atoms with Crippen molar-refractivity contribution >= 4 is 5.91 Å². The van der Waals surface area contributed by atoms with Crippen molar-refractivity contribution in [2.45, 2.75) is 39.7 Å². The summed E-state index contributed by atoms with van der Waals surface area (Å²) in [4.78, 5) is 10.9. The van der Waals surface area contributed by atoms with E-state index in [1.165, 1.54) is 0 Å². The predicted octanol–water partition coefficient (Wildman–Crippen LogP) is 0.935. The second-order valence-corrected chi connectivity index (χ2v) is 3.17. The predicted molar refractivity (Wildman–Crippen MR) is 50.5 cm³/mol. The Bertz CT molecular complexity index is 193. The third-order valence-corrected chi connectivity index (χ3v) is 1.77. The van der Waals surface area contributed by atoms with Gasteiger partial charge in [-0.25, -0.2) is 0 Å². The molecule has 4 N–H and O–H groups in total. The third kappa shape index (κ3) is 3.05. The molecule has 0 aliphatic rings. The molecule has 3 heteroatoms. The average molecular weight is 170 g/mol. The number of allylic oxidation sites excluding steroid dienone is 1. The summed E-state index contributed by atoms with van der Waals surface area (Å²) in [6.45, 7) is 5.74. The van der Waals surface area contributed by atoms with Gasteiger partial charge in [0.15, 0.2) is 0 Å². The van der Waals surface area contributed by atoms with Crippen LogP contribution < -0.4 is 11.5 Å². The quantitative estimate of drug-likeness (QED) is 0.616. The van der Waals surface area contributed by atoms with Gasteiger partial charge in [-0.15, -0.1) is 0 Å². The number of hydrogen-bond acceptors (Lipinski definition) is 2. The molecule has 0 saturated carbocycles. The maximum atomic E-state index is 10.9. The largest absolute Gasteiger partial charge is 0.366 e. The third-order valence-electron chi connectivity index (χ3n) is 1.77. The minimum absolute atomic E-state index is 0.197. The summed E-state index contributed by atoms with van der Waals surface area (Å²) in [5.74, 6) is -0.393. The Kier molecular flexibility index (Phi) is 4.59. The van der Waals surface area contributed by atoms with E-state index in [1.54, 1.807) is 0 Å². The molecule has 0 aromatic carbocycles. The van der Waals surface area contributed by atoms with E-state index >= 15 is 0 Å². The van der Waals surface area contributed by atoms with Gasteiger partial charge in [-0.05, 0) is 20.3 Å². The van der Waals surface area contributed by atoms with Crippen LogP contribution in [-0.2, 0) is 4.79 Å². The highest BCUT2D eigenvalue weighted by Gasteiger charge is 2.14. The normalized spacial score (nSPS) is 12.3. The van der Waals surface area contributed by atoms with Crippen molar-refractivity contribution in [2.75, 3.05) is 0 Å². The van der Waals surface area contributed by atoms with Crippen LogP contribution in [0.3, 0.4) is 0 Å². The first-order valence-corrected chi connectivity index (χ1v) is 4.23. The molecular weight excluding hydrogens is 152 g/mol. The smallest absolute Gasteiger partial charge is 0.246 e. The number of hydrogen-bond donors (Lipinski definition) is 2. The van der Waals surface area contributed by atoms with Gasteiger partial charge in [-0.2, -0.15) is 0 Å². The number of carbonyl (C=O) groups is 1. The summed E-state index contributed by atoms with van der Waals surface area (Å²) in [5, 5.41) is 0. The van der Waals surface area contributed by atoms with E-state index in [9.17, 15) is 4.79 Å². The highest BCUT2D eigenvalue weighted by atomic mass is 16.1. The molecule has 0 saturated heterocycles. The van der Waals surface area contributed by atoms with Crippen molar-refractivity contribution in [2.24, 2.45) is 11.5 Å². The van der Waals surface area contributed by atoms with E-state index in [2.05, 4.69) is 0 Å². The summed E-state index contributed by atoms with van der Waals surface area (Å²) < 4.78 is 0. The van der Waals surface area contributed by atoms with Crippen molar-refractivity contribution in [3.8, 4) is 0 Å². The Morgan fingerprint density at radius 3 is 2.17 bits per heavy atom. The van der Waals surface area contributed by atoms with Crippen LogP contribution in [0.1, 0.15) is 33.6 Å². The van der Waals surface area contributed by atoms with Gasteiger partial charge in [-0.3, -0.25) is 4.79 Å². The Labute approximate surface area is 73.8 Å². The van der Waals surface area contributed by atoms with Crippen molar-refractivity contribution in [1.29, 1.82) is 0 Å². The van der Waals surface area contributed by atoms with E-state index in [0.29, 0.717) is 5.57 Å². The number of nitrogens with two attached hydrogens (primary N) is 2. The molecule has 12 heavy (non-hydrogen) atoms. The first-order chi connectivity index (χ1) is 5.50. The zero-order valence-electron chi connectivity index (χ0n) is 8.05. The highest BCUT2D eigenvalue weighted by molar-refractivity contribution is 5.93. The van der Waals surface area contributed by atoms with Gasteiger partial charge in [0.05, 0.1) is 0 Å². The van der Waals surface area contributed by atoms with E-state index in [4.69, 9.17) is 11.5 Å². The second kappa shape index (κ2) is 4.93. The topological polar surface area (TPSA) is 69.1 Å². The standard InChI is InChI=1S/C9H18N2O/c1-4-5-7(10)8(6(2)3)9(11)12/h7H,4-5,10H2,1-3H3,(H2,11,12). The zero-order chi connectivity index (χ0) is 9.72. The van der Waals surface area contributed by atoms with Crippen molar-refractivity contribution in [3.05, 3.63) is 11.1 Å².